The van der Waals surface area contributed by atoms with Crippen molar-refractivity contribution in [3.8, 4) is 0 Å². The lowest BCUT2D eigenvalue weighted by Gasteiger charge is -2.29. The Bertz CT molecular complexity index is 798. The van der Waals surface area contributed by atoms with Gasteiger partial charge in [0.2, 0.25) is 5.91 Å². The Morgan fingerprint density at radius 1 is 1.31 bits per heavy atom. The Hall–Kier alpha value is -3.09. The van der Waals surface area contributed by atoms with E-state index in [1.54, 1.807) is 24.3 Å². The van der Waals surface area contributed by atoms with Crippen LogP contribution in [0.5, 0.6) is 0 Å². The smallest absolute Gasteiger partial charge is 0.373 e. The molecule has 0 spiro atoms. The van der Waals surface area contributed by atoms with E-state index in [1.165, 1.54) is 13.2 Å². The first-order valence-corrected chi connectivity index (χ1v) is 10.6. The van der Waals surface area contributed by atoms with Gasteiger partial charge in [0.15, 0.2) is 5.76 Å². The number of hydrogen-bond donors (Lipinski definition) is 1. The van der Waals surface area contributed by atoms with Crippen molar-refractivity contribution >= 4 is 17.8 Å². The van der Waals surface area contributed by atoms with Crippen molar-refractivity contribution in [1.29, 1.82) is 0 Å². The standard InChI is InChI=1S/C25H35NO6/c1-7-8-17-31-24(29)22(25(3,4)5)26-21(27)12-10-9-11-18(2)13-14-19-15-16-20(30-6)23(28)32-19/h7,9-13,16,19,22H,1,8,14-15,17H2,2-6H3,(H,26,27)/b11-9-,12-10-,18-13+. The van der Waals surface area contributed by atoms with Crippen LogP contribution in [0.15, 0.2) is 60.4 Å². The number of nitrogens with one attached hydrogen (secondary N) is 1. The summed E-state index contributed by atoms with van der Waals surface area (Å²) in [6.45, 7) is 11.3. The lowest BCUT2D eigenvalue weighted by Crippen LogP contribution is -2.49. The number of cyclic esters (lactones) is 1. The van der Waals surface area contributed by atoms with Crippen molar-refractivity contribution in [3.63, 3.8) is 0 Å². The van der Waals surface area contributed by atoms with Crippen molar-refractivity contribution < 1.29 is 28.6 Å². The van der Waals surface area contributed by atoms with E-state index >= 15 is 0 Å². The SMILES string of the molecule is C=CCCOC(=O)C(NC(=O)\C=C/C=C\C(C)=C\CC1CC=C(OC)C(=O)O1)C(C)(C)C. The molecule has 1 amide bonds. The molecule has 1 aliphatic rings. The van der Waals surface area contributed by atoms with E-state index in [-0.39, 0.29) is 24.4 Å². The summed E-state index contributed by atoms with van der Waals surface area (Å²) in [5.41, 5.74) is 0.470. The van der Waals surface area contributed by atoms with Crippen molar-refractivity contribution in [2.45, 2.75) is 59.1 Å². The first-order valence-electron chi connectivity index (χ1n) is 10.6. The van der Waals surface area contributed by atoms with Gasteiger partial charge in [0, 0.05) is 18.9 Å². The molecule has 0 saturated heterocycles. The van der Waals surface area contributed by atoms with Gasteiger partial charge in [0.25, 0.3) is 0 Å². The summed E-state index contributed by atoms with van der Waals surface area (Å²) in [7, 11) is 1.44. The average Bonchev–Trinajstić information content (AvgIpc) is 2.73. The van der Waals surface area contributed by atoms with Crippen LogP contribution >= 0.6 is 0 Å². The van der Waals surface area contributed by atoms with Crippen LogP contribution in [0.4, 0.5) is 0 Å². The number of carbonyl (C=O) groups is 3. The molecule has 1 rings (SSSR count). The number of hydrogen-bond acceptors (Lipinski definition) is 6. The van der Waals surface area contributed by atoms with Crippen LogP contribution in [0.3, 0.4) is 0 Å². The number of allylic oxidation sites excluding steroid dienone is 4. The van der Waals surface area contributed by atoms with Gasteiger partial charge < -0.3 is 19.5 Å². The number of carbonyl (C=O) groups excluding carboxylic acids is 3. The molecule has 0 aromatic rings. The molecule has 1 heterocycles. The highest BCUT2D eigenvalue weighted by molar-refractivity contribution is 5.92. The van der Waals surface area contributed by atoms with E-state index < -0.39 is 23.4 Å². The van der Waals surface area contributed by atoms with Crippen molar-refractivity contribution in [2.24, 2.45) is 5.41 Å². The molecule has 0 bridgehead atoms. The van der Waals surface area contributed by atoms with Gasteiger partial charge in [0.05, 0.1) is 13.7 Å². The molecule has 1 aliphatic heterocycles. The van der Waals surface area contributed by atoms with Gasteiger partial charge in [-0.2, -0.15) is 0 Å². The molecule has 32 heavy (non-hydrogen) atoms. The minimum Gasteiger partial charge on any atom is -0.490 e. The summed E-state index contributed by atoms with van der Waals surface area (Å²) in [6, 6.07) is -0.763. The Kier molecular flexibility index (Phi) is 11.2. The van der Waals surface area contributed by atoms with Crippen molar-refractivity contribution in [3.05, 3.63) is 60.4 Å². The summed E-state index contributed by atoms with van der Waals surface area (Å²) in [6.07, 6.45) is 13.4. The second kappa shape index (κ2) is 13.3. The van der Waals surface area contributed by atoms with Gasteiger partial charge in [0.1, 0.15) is 12.1 Å². The normalized spacial score (nSPS) is 18.2. The molecule has 7 heteroatoms. The second-order valence-electron chi connectivity index (χ2n) is 8.49. The number of esters is 2. The van der Waals surface area contributed by atoms with Crippen molar-refractivity contribution in [1.82, 2.24) is 5.32 Å². The maximum atomic E-state index is 12.3. The molecular formula is C25H35NO6. The Morgan fingerprint density at radius 3 is 2.59 bits per heavy atom. The van der Waals surface area contributed by atoms with Gasteiger partial charge in [-0.1, -0.05) is 56.7 Å². The fourth-order valence-corrected chi connectivity index (χ4v) is 2.77. The van der Waals surface area contributed by atoms with Crippen LogP contribution in [-0.4, -0.2) is 43.7 Å². The highest BCUT2D eigenvalue weighted by atomic mass is 16.6. The van der Waals surface area contributed by atoms with Crippen LogP contribution in [-0.2, 0) is 28.6 Å². The number of rotatable bonds is 11. The zero-order valence-electron chi connectivity index (χ0n) is 19.7. The fraction of sp³-hybridized carbons (Fsp3) is 0.480. The van der Waals surface area contributed by atoms with Crippen LogP contribution in [0, 0.1) is 5.41 Å². The summed E-state index contributed by atoms with van der Waals surface area (Å²) < 4.78 is 15.4. The predicted molar refractivity (Wildman–Crippen MR) is 123 cm³/mol. The quantitative estimate of drug-likeness (QED) is 0.170. The average molecular weight is 446 g/mol. The minimum absolute atomic E-state index is 0.216. The lowest BCUT2D eigenvalue weighted by molar-refractivity contribution is -0.150. The third kappa shape index (κ3) is 9.81. The van der Waals surface area contributed by atoms with Crippen LogP contribution in [0.2, 0.25) is 0 Å². The maximum absolute atomic E-state index is 12.3. The number of methoxy groups -OCH3 is 1. The van der Waals surface area contributed by atoms with E-state index in [0.717, 1.165) is 5.57 Å². The minimum atomic E-state index is -0.763. The molecular weight excluding hydrogens is 410 g/mol. The van der Waals surface area contributed by atoms with Crippen LogP contribution < -0.4 is 5.32 Å². The molecule has 1 N–H and O–H groups in total. The summed E-state index contributed by atoms with van der Waals surface area (Å²) in [5.74, 6) is -1.06. The Labute approximate surface area is 190 Å². The second-order valence-corrected chi connectivity index (χ2v) is 8.49. The zero-order valence-corrected chi connectivity index (χ0v) is 19.7. The highest BCUT2D eigenvalue weighted by Crippen LogP contribution is 2.21. The monoisotopic (exact) mass is 445 g/mol. The first-order chi connectivity index (χ1) is 15.1. The Morgan fingerprint density at radius 2 is 2.00 bits per heavy atom. The maximum Gasteiger partial charge on any atom is 0.373 e. The summed E-state index contributed by atoms with van der Waals surface area (Å²) in [5, 5.41) is 2.71. The van der Waals surface area contributed by atoms with Gasteiger partial charge in [-0.15, -0.1) is 6.58 Å². The van der Waals surface area contributed by atoms with E-state index in [4.69, 9.17) is 14.2 Å². The van der Waals surface area contributed by atoms with Crippen molar-refractivity contribution in [2.75, 3.05) is 13.7 Å². The molecule has 0 saturated carbocycles. The van der Waals surface area contributed by atoms with Gasteiger partial charge in [-0.05, 0) is 24.8 Å². The zero-order chi connectivity index (χ0) is 24.1. The lowest BCUT2D eigenvalue weighted by atomic mass is 9.86. The molecule has 0 aromatic carbocycles. The third-order valence-electron chi connectivity index (χ3n) is 4.64. The van der Waals surface area contributed by atoms with Gasteiger partial charge in [-0.3, -0.25) is 4.79 Å². The van der Waals surface area contributed by atoms with E-state index in [0.29, 0.717) is 19.3 Å². The summed E-state index contributed by atoms with van der Waals surface area (Å²) in [4.78, 5) is 36.2. The first kappa shape index (κ1) is 26.9. The predicted octanol–water partition coefficient (Wildman–Crippen LogP) is 3.93. The summed E-state index contributed by atoms with van der Waals surface area (Å²) >= 11 is 0. The highest BCUT2D eigenvalue weighted by Gasteiger charge is 2.33. The van der Waals surface area contributed by atoms with E-state index in [1.807, 2.05) is 39.8 Å². The topological polar surface area (TPSA) is 90.9 Å². The molecule has 2 unspecified atom stereocenters. The molecule has 0 aliphatic carbocycles. The van der Waals surface area contributed by atoms with Gasteiger partial charge in [-0.25, -0.2) is 9.59 Å². The van der Waals surface area contributed by atoms with Crippen LogP contribution in [0.1, 0.15) is 47.0 Å². The van der Waals surface area contributed by atoms with E-state index in [9.17, 15) is 14.4 Å². The fourth-order valence-electron chi connectivity index (χ4n) is 2.77. The molecule has 0 fully saturated rings. The molecule has 176 valence electrons. The largest absolute Gasteiger partial charge is 0.490 e. The number of ether oxygens (including phenoxy) is 3. The molecule has 0 aromatic heterocycles. The number of amides is 1. The van der Waals surface area contributed by atoms with Gasteiger partial charge >= 0.3 is 11.9 Å². The molecule has 0 radical (unpaired) electrons. The Balaban J connectivity index is 2.56. The molecule has 7 nitrogen and oxygen atoms in total. The van der Waals surface area contributed by atoms with Crippen LogP contribution in [0.25, 0.3) is 0 Å². The third-order valence-corrected chi connectivity index (χ3v) is 4.64. The molecule has 2 atom stereocenters. The van der Waals surface area contributed by atoms with E-state index in [2.05, 4.69) is 11.9 Å².